The number of ether oxygens (including phenoxy) is 2. The normalized spacial score (nSPS) is 11.8. The summed E-state index contributed by atoms with van der Waals surface area (Å²) in [5.41, 5.74) is 0.287. The van der Waals surface area contributed by atoms with Crippen molar-refractivity contribution in [2.75, 3.05) is 13.2 Å². The quantitative estimate of drug-likeness (QED) is 0.595. The summed E-state index contributed by atoms with van der Waals surface area (Å²) in [5.74, 6) is 3.99. The molecule has 0 aromatic heterocycles. The molecule has 2 nitrogen and oxygen atoms in total. The van der Waals surface area contributed by atoms with Crippen LogP contribution in [0.15, 0.2) is 18.2 Å². The maximum absolute atomic E-state index is 12.8. The van der Waals surface area contributed by atoms with Crippen LogP contribution in [-0.4, -0.2) is 19.5 Å². The van der Waals surface area contributed by atoms with E-state index in [-0.39, 0.29) is 18.5 Å². The molecule has 1 rings (SSSR count). The Kier molecular flexibility index (Phi) is 5.61. The smallest absolute Gasteiger partial charge is 0.156 e. The van der Waals surface area contributed by atoms with Gasteiger partial charge in [0.1, 0.15) is 18.2 Å². The molecule has 0 saturated carbocycles. The van der Waals surface area contributed by atoms with Gasteiger partial charge in [-0.1, -0.05) is 11.8 Å². The van der Waals surface area contributed by atoms with Gasteiger partial charge in [-0.3, -0.25) is 0 Å². The second-order valence-corrected chi connectivity index (χ2v) is 3.29. The lowest BCUT2D eigenvalue weighted by atomic mass is 10.2. The predicted molar refractivity (Wildman–Crippen MR) is 60.3 cm³/mol. The van der Waals surface area contributed by atoms with Crippen molar-refractivity contribution in [3.8, 4) is 11.8 Å². The molecule has 0 aliphatic rings. The highest BCUT2D eigenvalue weighted by molar-refractivity contribution is 5.34. The fraction of sp³-hybridized carbons (Fsp3) is 0.385. The van der Waals surface area contributed by atoms with Gasteiger partial charge in [0.25, 0.3) is 0 Å². The van der Waals surface area contributed by atoms with E-state index in [0.717, 1.165) is 6.07 Å². The highest BCUT2D eigenvalue weighted by Crippen LogP contribution is 2.06. The Labute approximate surface area is 99.5 Å². The molecule has 0 saturated heterocycles. The third-order valence-corrected chi connectivity index (χ3v) is 1.89. The molecule has 0 aliphatic heterocycles. The van der Waals surface area contributed by atoms with Crippen LogP contribution >= 0.6 is 0 Å². The highest BCUT2D eigenvalue weighted by atomic mass is 19.1. The molecule has 92 valence electrons. The van der Waals surface area contributed by atoms with Crippen molar-refractivity contribution in [3.05, 3.63) is 35.4 Å². The molecule has 0 heterocycles. The molecular weight excluding hydrogens is 226 g/mol. The van der Waals surface area contributed by atoms with Gasteiger partial charge in [-0.25, -0.2) is 8.78 Å². The van der Waals surface area contributed by atoms with Crippen molar-refractivity contribution in [1.29, 1.82) is 0 Å². The first-order valence-corrected chi connectivity index (χ1v) is 5.30. The molecule has 0 spiro atoms. The Bertz CT molecular complexity index is 401. The van der Waals surface area contributed by atoms with Crippen LogP contribution in [0.4, 0.5) is 8.78 Å². The minimum atomic E-state index is -0.641. The van der Waals surface area contributed by atoms with E-state index >= 15 is 0 Å². The Balaban J connectivity index is 2.48. The van der Waals surface area contributed by atoms with E-state index in [2.05, 4.69) is 11.8 Å². The van der Waals surface area contributed by atoms with E-state index in [4.69, 9.17) is 9.47 Å². The van der Waals surface area contributed by atoms with Crippen molar-refractivity contribution in [2.24, 2.45) is 0 Å². The Hall–Kier alpha value is -1.44. The predicted octanol–water partition coefficient (Wildman–Crippen LogP) is 2.72. The van der Waals surface area contributed by atoms with Crippen LogP contribution in [0.25, 0.3) is 0 Å². The van der Waals surface area contributed by atoms with Crippen LogP contribution in [0.2, 0.25) is 0 Å². The minimum Gasteiger partial charge on any atom is -0.353 e. The van der Waals surface area contributed by atoms with Crippen LogP contribution in [0.3, 0.4) is 0 Å². The number of halogens is 2. The topological polar surface area (TPSA) is 18.5 Å². The molecule has 0 aliphatic carbocycles. The van der Waals surface area contributed by atoms with E-state index in [1.807, 2.05) is 6.92 Å². The lowest BCUT2D eigenvalue weighted by molar-refractivity contribution is -0.117. The molecule has 0 bridgehead atoms. The van der Waals surface area contributed by atoms with Gasteiger partial charge in [0, 0.05) is 18.2 Å². The van der Waals surface area contributed by atoms with Crippen LogP contribution in [0.5, 0.6) is 0 Å². The van der Waals surface area contributed by atoms with Crippen LogP contribution in [0.1, 0.15) is 19.4 Å². The summed E-state index contributed by atoms with van der Waals surface area (Å²) >= 11 is 0. The number of rotatable bonds is 4. The monoisotopic (exact) mass is 240 g/mol. The zero-order chi connectivity index (χ0) is 12.7. The Morgan fingerprint density at radius 2 is 1.82 bits per heavy atom. The fourth-order valence-electron chi connectivity index (χ4n) is 1.21. The molecule has 1 atom stereocenters. The van der Waals surface area contributed by atoms with Crippen molar-refractivity contribution in [3.63, 3.8) is 0 Å². The van der Waals surface area contributed by atoms with Gasteiger partial charge in [-0.2, -0.15) is 0 Å². The minimum absolute atomic E-state index is 0.152. The third-order valence-electron chi connectivity index (χ3n) is 1.89. The van der Waals surface area contributed by atoms with Gasteiger partial charge in [0.15, 0.2) is 6.29 Å². The third kappa shape index (κ3) is 5.43. The van der Waals surface area contributed by atoms with Gasteiger partial charge in [0.05, 0.1) is 0 Å². The zero-order valence-corrected chi connectivity index (χ0v) is 9.80. The summed E-state index contributed by atoms with van der Waals surface area (Å²) in [6.45, 7) is 4.33. The maximum Gasteiger partial charge on any atom is 0.156 e. The molecule has 0 N–H and O–H groups in total. The number of hydrogen-bond donors (Lipinski definition) is 0. The first-order valence-electron chi connectivity index (χ1n) is 5.30. The second-order valence-electron chi connectivity index (χ2n) is 3.29. The van der Waals surface area contributed by atoms with Gasteiger partial charge in [-0.05, 0) is 26.0 Å². The lowest BCUT2D eigenvalue weighted by Crippen LogP contribution is -2.12. The molecular formula is C13H14F2O2. The molecule has 17 heavy (non-hydrogen) atoms. The Morgan fingerprint density at radius 3 is 2.41 bits per heavy atom. The average molecular weight is 240 g/mol. The van der Waals surface area contributed by atoms with Crippen molar-refractivity contribution in [2.45, 2.75) is 20.1 Å². The summed E-state index contributed by atoms with van der Waals surface area (Å²) in [6.07, 6.45) is -0.335. The van der Waals surface area contributed by atoms with Gasteiger partial charge in [-0.15, -0.1) is 0 Å². The fourth-order valence-corrected chi connectivity index (χ4v) is 1.21. The summed E-state index contributed by atoms with van der Waals surface area (Å²) in [5, 5.41) is 0. The Morgan fingerprint density at radius 1 is 1.18 bits per heavy atom. The van der Waals surface area contributed by atoms with E-state index in [1.54, 1.807) is 6.92 Å². The van der Waals surface area contributed by atoms with Gasteiger partial charge < -0.3 is 9.47 Å². The standard InChI is InChI=1S/C13H14F2O2/c1-3-16-10(2)17-6-4-5-11-7-12(14)9-13(15)8-11/h7-10H,3,6H2,1-2H3. The van der Waals surface area contributed by atoms with Crippen LogP contribution < -0.4 is 0 Å². The summed E-state index contributed by atoms with van der Waals surface area (Å²) in [4.78, 5) is 0. The largest absolute Gasteiger partial charge is 0.353 e. The molecule has 0 radical (unpaired) electrons. The van der Waals surface area contributed by atoms with Crippen molar-refractivity contribution in [1.82, 2.24) is 0 Å². The zero-order valence-electron chi connectivity index (χ0n) is 9.80. The first-order chi connectivity index (χ1) is 8.11. The number of benzene rings is 1. The van der Waals surface area contributed by atoms with Gasteiger partial charge in [0.2, 0.25) is 0 Å². The van der Waals surface area contributed by atoms with Crippen molar-refractivity contribution < 1.29 is 18.3 Å². The molecule has 1 aromatic carbocycles. The maximum atomic E-state index is 12.8. The van der Waals surface area contributed by atoms with Crippen LogP contribution in [-0.2, 0) is 9.47 Å². The van der Waals surface area contributed by atoms with E-state index in [0.29, 0.717) is 6.61 Å². The molecule has 4 heteroatoms. The van der Waals surface area contributed by atoms with Crippen LogP contribution in [0, 0.1) is 23.5 Å². The lowest BCUT2D eigenvalue weighted by Gasteiger charge is -2.09. The molecule has 1 unspecified atom stereocenters. The number of hydrogen-bond acceptors (Lipinski definition) is 2. The molecule has 0 fully saturated rings. The highest BCUT2D eigenvalue weighted by Gasteiger charge is 1.98. The van der Waals surface area contributed by atoms with E-state index in [9.17, 15) is 8.78 Å². The summed E-state index contributed by atoms with van der Waals surface area (Å²) < 4.78 is 35.9. The van der Waals surface area contributed by atoms with E-state index < -0.39 is 11.6 Å². The molecule has 1 aromatic rings. The second kappa shape index (κ2) is 7.00. The average Bonchev–Trinajstić information content (AvgIpc) is 2.23. The first kappa shape index (κ1) is 13.6. The van der Waals surface area contributed by atoms with Crippen molar-refractivity contribution >= 4 is 0 Å². The molecule has 0 amide bonds. The summed E-state index contributed by atoms with van der Waals surface area (Å²) in [7, 11) is 0. The SMILES string of the molecule is CCOC(C)OCC#Cc1cc(F)cc(F)c1. The van der Waals surface area contributed by atoms with E-state index in [1.165, 1.54) is 12.1 Å². The summed E-state index contributed by atoms with van der Waals surface area (Å²) in [6, 6.07) is 3.14. The van der Waals surface area contributed by atoms with Gasteiger partial charge >= 0.3 is 0 Å².